The van der Waals surface area contributed by atoms with E-state index in [0.717, 1.165) is 10.6 Å². The van der Waals surface area contributed by atoms with Gasteiger partial charge in [-0.25, -0.2) is 13.6 Å². The molecule has 6 heteroatoms. The first-order valence-corrected chi connectivity index (χ1v) is 7.10. The Morgan fingerprint density at radius 1 is 1.32 bits per heavy atom. The van der Waals surface area contributed by atoms with Crippen molar-refractivity contribution in [2.24, 2.45) is 0 Å². The molecule has 2 rings (SSSR count). The Labute approximate surface area is 127 Å². The van der Waals surface area contributed by atoms with Crippen LogP contribution in [0.1, 0.15) is 34.1 Å². The van der Waals surface area contributed by atoms with E-state index in [1.54, 1.807) is 20.8 Å². The fourth-order valence-corrected chi connectivity index (χ4v) is 2.01. The van der Waals surface area contributed by atoms with Crippen LogP contribution in [0.2, 0.25) is 0 Å². The van der Waals surface area contributed by atoms with Crippen molar-refractivity contribution in [1.82, 2.24) is 4.57 Å². The van der Waals surface area contributed by atoms with Crippen molar-refractivity contribution >= 4 is 17.0 Å². The molecule has 0 fully saturated rings. The van der Waals surface area contributed by atoms with Crippen molar-refractivity contribution in [3.8, 4) is 5.75 Å². The fourth-order valence-electron chi connectivity index (χ4n) is 2.01. The number of aromatic nitrogens is 1. The van der Waals surface area contributed by atoms with Crippen molar-refractivity contribution < 1.29 is 23.0 Å². The Balaban J connectivity index is 2.49. The topological polar surface area (TPSA) is 40.5 Å². The number of carbonyl (C=O) groups is 1. The number of rotatable bonds is 3. The van der Waals surface area contributed by atoms with Gasteiger partial charge in [-0.15, -0.1) is 0 Å². The number of hydrogen-bond donors (Lipinski definition) is 0. The molecular weight excluding hydrogens is 292 g/mol. The highest BCUT2D eigenvalue weighted by atomic mass is 19.1. The molecule has 0 saturated carbocycles. The number of benzene rings is 1. The van der Waals surface area contributed by atoms with E-state index in [1.807, 2.05) is 6.92 Å². The van der Waals surface area contributed by atoms with Crippen molar-refractivity contribution in [1.29, 1.82) is 0 Å². The quantitative estimate of drug-likeness (QED) is 0.838. The molecule has 0 aliphatic heterocycles. The zero-order valence-electron chi connectivity index (χ0n) is 13.1. The second kappa shape index (κ2) is 5.94. The van der Waals surface area contributed by atoms with Crippen molar-refractivity contribution in [2.45, 2.75) is 39.7 Å². The van der Waals surface area contributed by atoms with Crippen LogP contribution in [-0.2, 0) is 4.74 Å². The number of nitrogens with zero attached hydrogens (tertiary/aromatic N) is 1. The summed E-state index contributed by atoms with van der Waals surface area (Å²) in [4.78, 5) is 11.9. The van der Waals surface area contributed by atoms with Gasteiger partial charge in [0.25, 0.3) is 0 Å². The van der Waals surface area contributed by atoms with Crippen LogP contribution in [0.4, 0.5) is 13.6 Å². The summed E-state index contributed by atoms with van der Waals surface area (Å²) in [6.45, 7) is 7.20. The summed E-state index contributed by atoms with van der Waals surface area (Å²) in [5.74, 6) is -2.13. The maximum atomic E-state index is 14.5. The van der Waals surface area contributed by atoms with Crippen molar-refractivity contribution in [2.75, 3.05) is 6.61 Å². The van der Waals surface area contributed by atoms with Crippen LogP contribution in [0.3, 0.4) is 0 Å². The molecule has 1 aromatic heterocycles. The molecule has 0 aliphatic rings. The maximum absolute atomic E-state index is 14.5. The van der Waals surface area contributed by atoms with Gasteiger partial charge in [0.05, 0.1) is 12.1 Å². The van der Waals surface area contributed by atoms with Crippen LogP contribution in [0.25, 0.3) is 10.9 Å². The van der Waals surface area contributed by atoms with Gasteiger partial charge < -0.3 is 9.47 Å². The second-order valence-corrected chi connectivity index (χ2v) is 5.95. The van der Waals surface area contributed by atoms with Crippen LogP contribution in [0.15, 0.2) is 18.3 Å². The minimum absolute atomic E-state index is 0.106. The summed E-state index contributed by atoms with van der Waals surface area (Å²) in [5.41, 5.74) is -0.629. The summed E-state index contributed by atoms with van der Waals surface area (Å²) in [6, 6.07) is 2.47. The smallest absolute Gasteiger partial charge is 0.418 e. The standard InChI is InChI=1S/C16H19F2NO3/c1-5-8-21-15(20)19-7-6-10-12(19)9-11(17)14(13(10)18)22-16(2,3)4/h6-7,9H,5,8H2,1-4H3. The van der Waals surface area contributed by atoms with Gasteiger partial charge in [0.2, 0.25) is 0 Å². The summed E-state index contributed by atoms with van der Waals surface area (Å²) in [6.07, 6.45) is 1.35. The third-order valence-corrected chi connectivity index (χ3v) is 2.88. The fraction of sp³-hybridized carbons (Fsp3) is 0.438. The molecule has 1 heterocycles. The monoisotopic (exact) mass is 311 g/mol. The van der Waals surface area contributed by atoms with Gasteiger partial charge >= 0.3 is 6.09 Å². The molecule has 0 atom stereocenters. The summed E-state index contributed by atoms with van der Waals surface area (Å²) < 4.78 is 40.0. The van der Waals surface area contributed by atoms with Gasteiger partial charge in [-0.05, 0) is 33.3 Å². The largest absolute Gasteiger partial charge is 0.482 e. The van der Waals surface area contributed by atoms with E-state index in [0.29, 0.717) is 6.42 Å². The van der Waals surface area contributed by atoms with Gasteiger partial charge in [0.15, 0.2) is 17.4 Å². The van der Waals surface area contributed by atoms with Crippen LogP contribution in [0, 0.1) is 11.6 Å². The lowest BCUT2D eigenvalue weighted by molar-refractivity contribution is 0.118. The molecular formula is C16H19F2NO3. The molecule has 0 radical (unpaired) electrons. The van der Waals surface area contributed by atoms with Gasteiger partial charge in [-0.2, -0.15) is 0 Å². The molecule has 0 unspecified atom stereocenters. The Hall–Kier alpha value is -2.11. The number of ether oxygens (including phenoxy) is 2. The minimum atomic E-state index is -0.858. The Morgan fingerprint density at radius 2 is 2.00 bits per heavy atom. The SMILES string of the molecule is CCCOC(=O)n1ccc2c(F)c(OC(C)(C)C)c(F)cc21. The van der Waals surface area contributed by atoms with Gasteiger partial charge in [0.1, 0.15) is 5.60 Å². The average molecular weight is 311 g/mol. The average Bonchev–Trinajstić information content (AvgIpc) is 2.83. The normalized spacial score (nSPS) is 11.7. The highest BCUT2D eigenvalue weighted by Crippen LogP contribution is 2.32. The predicted molar refractivity (Wildman–Crippen MR) is 79.3 cm³/mol. The first-order chi connectivity index (χ1) is 10.2. The molecule has 0 amide bonds. The van der Waals surface area contributed by atoms with Crippen molar-refractivity contribution in [3.63, 3.8) is 0 Å². The maximum Gasteiger partial charge on any atom is 0.418 e. The third kappa shape index (κ3) is 3.21. The minimum Gasteiger partial charge on any atom is -0.482 e. The number of halogens is 2. The first kappa shape index (κ1) is 16.3. The molecule has 22 heavy (non-hydrogen) atoms. The van der Waals surface area contributed by atoms with Crippen LogP contribution < -0.4 is 4.74 Å². The van der Waals surface area contributed by atoms with Gasteiger partial charge in [-0.1, -0.05) is 6.92 Å². The predicted octanol–water partition coefficient (Wildman–Crippen LogP) is 4.49. The molecule has 0 bridgehead atoms. The first-order valence-electron chi connectivity index (χ1n) is 7.10. The lowest BCUT2D eigenvalue weighted by Gasteiger charge is -2.22. The van der Waals surface area contributed by atoms with E-state index < -0.39 is 29.1 Å². The van der Waals surface area contributed by atoms with Crippen LogP contribution in [-0.4, -0.2) is 22.9 Å². The molecule has 2 aromatic rings. The van der Waals surface area contributed by atoms with E-state index in [1.165, 1.54) is 12.3 Å². The molecule has 0 aliphatic carbocycles. The van der Waals surface area contributed by atoms with Crippen LogP contribution >= 0.6 is 0 Å². The number of fused-ring (bicyclic) bond motifs is 1. The summed E-state index contributed by atoms with van der Waals surface area (Å²) >= 11 is 0. The van der Waals surface area contributed by atoms with Crippen molar-refractivity contribution in [3.05, 3.63) is 30.0 Å². The highest BCUT2D eigenvalue weighted by molar-refractivity contribution is 5.90. The summed E-state index contributed by atoms with van der Waals surface area (Å²) in [7, 11) is 0. The molecule has 0 saturated heterocycles. The van der Waals surface area contributed by atoms with Gasteiger partial charge in [0, 0.05) is 17.6 Å². The lowest BCUT2D eigenvalue weighted by atomic mass is 10.1. The third-order valence-electron chi connectivity index (χ3n) is 2.88. The van der Waals surface area contributed by atoms with E-state index >= 15 is 0 Å². The zero-order valence-corrected chi connectivity index (χ0v) is 13.1. The summed E-state index contributed by atoms with van der Waals surface area (Å²) in [5, 5.41) is 0.106. The number of hydrogen-bond acceptors (Lipinski definition) is 3. The highest BCUT2D eigenvalue weighted by Gasteiger charge is 2.23. The van der Waals surface area contributed by atoms with E-state index in [2.05, 4.69) is 0 Å². The molecule has 0 spiro atoms. The zero-order chi connectivity index (χ0) is 16.5. The van der Waals surface area contributed by atoms with E-state index in [9.17, 15) is 13.6 Å². The Morgan fingerprint density at radius 3 is 2.59 bits per heavy atom. The van der Waals surface area contributed by atoms with Crippen LogP contribution in [0.5, 0.6) is 5.75 Å². The molecule has 0 N–H and O–H groups in total. The van der Waals surface area contributed by atoms with E-state index in [-0.39, 0.29) is 17.5 Å². The van der Waals surface area contributed by atoms with Gasteiger partial charge in [-0.3, -0.25) is 4.57 Å². The molecule has 1 aromatic carbocycles. The lowest BCUT2D eigenvalue weighted by Crippen LogP contribution is -2.24. The second-order valence-electron chi connectivity index (χ2n) is 5.95. The molecule has 4 nitrogen and oxygen atoms in total. The van der Waals surface area contributed by atoms with E-state index in [4.69, 9.17) is 9.47 Å². The Bertz CT molecular complexity index is 701. The Kier molecular flexibility index (Phi) is 4.39. The molecule has 120 valence electrons. The number of carbonyl (C=O) groups excluding carboxylic acids is 1.